The van der Waals surface area contributed by atoms with Crippen LogP contribution >= 0.6 is 0 Å². The molecule has 106 valence electrons. The third-order valence-electron chi connectivity index (χ3n) is 2.58. The second-order valence-electron chi connectivity index (χ2n) is 3.74. The summed E-state index contributed by atoms with van der Waals surface area (Å²) >= 11 is 0. The van der Waals surface area contributed by atoms with Gasteiger partial charge in [-0.25, -0.2) is 9.59 Å². The van der Waals surface area contributed by atoms with Crippen LogP contribution in [0.25, 0.3) is 5.53 Å². The zero-order chi connectivity index (χ0) is 15.2. The van der Waals surface area contributed by atoms with E-state index in [1.54, 1.807) is 18.2 Å². The van der Waals surface area contributed by atoms with Crippen molar-refractivity contribution < 1.29 is 29.0 Å². The smallest absolute Gasteiger partial charge is 0.423 e. The number of carbonyl (C=O) groups excluding carboxylic acids is 2. The monoisotopic (exact) mass is 278 g/mol. The minimum atomic E-state index is -2.54. The first-order valence-corrected chi connectivity index (χ1v) is 5.78. The van der Waals surface area contributed by atoms with Crippen molar-refractivity contribution in [3.05, 3.63) is 41.4 Å². The van der Waals surface area contributed by atoms with Gasteiger partial charge in [-0.1, -0.05) is 30.3 Å². The fourth-order valence-corrected chi connectivity index (χ4v) is 1.64. The average Bonchev–Trinajstić information content (AvgIpc) is 2.48. The Bertz CT molecular complexity index is 551. The molecule has 0 aliphatic heterocycles. The van der Waals surface area contributed by atoms with Crippen LogP contribution in [0.2, 0.25) is 0 Å². The third-order valence-corrected chi connectivity index (χ3v) is 2.58. The second-order valence-corrected chi connectivity index (χ2v) is 3.74. The van der Waals surface area contributed by atoms with E-state index in [1.165, 1.54) is 19.1 Å². The van der Waals surface area contributed by atoms with Gasteiger partial charge in [0, 0.05) is 5.56 Å². The molecule has 1 atom stereocenters. The molecule has 0 amide bonds. The quantitative estimate of drug-likeness (QED) is 0.360. The molecule has 0 saturated carbocycles. The topological polar surface area (TPSA) is 109 Å². The highest BCUT2D eigenvalue weighted by Crippen LogP contribution is 2.24. The summed E-state index contributed by atoms with van der Waals surface area (Å²) in [6.07, 6.45) is 0. The van der Waals surface area contributed by atoms with Crippen molar-refractivity contribution >= 4 is 17.7 Å². The highest BCUT2D eigenvalue weighted by atomic mass is 16.5. The third kappa shape index (κ3) is 2.74. The summed E-state index contributed by atoms with van der Waals surface area (Å²) < 4.78 is 9.15. The lowest BCUT2D eigenvalue weighted by atomic mass is 9.88. The maximum absolute atomic E-state index is 11.9. The largest absolute Gasteiger partial charge is 0.466 e. The number of ether oxygens (including phenoxy) is 2. The molecule has 0 unspecified atom stereocenters. The van der Waals surface area contributed by atoms with Crippen molar-refractivity contribution in [1.82, 2.24) is 0 Å². The average molecular weight is 278 g/mol. The summed E-state index contributed by atoms with van der Waals surface area (Å²) in [6, 6.07) is 7.52. The van der Waals surface area contributed by atoms with Crippen molar-refractivity contribution in [3.8, 4) is 0 Å². The van der Waals surface area contributed by atoms with E-state index in [9.17, 15) is 14.7 Å². The van der Waals surface area contributed by atoms with E-state index in [2.05, 4.69) is 14.3 Å². The summed E-state index contributed by atoms with van der Waals surface area (Å²) in [5.41, 5.74) is 5.60. The van der Waals surface area contributed by atoms with Crippen LogP contribution in [0.5, 0.6) is 0 Å². The Balaban J connectivity index is 3.43. The molecule has 0 bridgehead atoms. The summed E-state index contributed by atoms with van der Waals surface area (Å²) in [5, 5.41) is 10.5. The van der Waals surface area contributed by atoms with Crippen molar-refractivity contribution in [2.24, 2.45) is 0 Å². The predicted octanol–water partition coefficient (Wildman–Crippen LogP) is 0.281. The first kappa shape index (κ1) is 15.6. The number of rotatable bonds is 5. The molecular weight excluding hydrogens is 264 g/mol. The van der Waals surface area contributed by atoms with E-state index in [1.807, 2.05) is 0 Å². The van der Waals surface area contributed by atoms with Crippen LogP contribution in [-0.4, -0.2) is 41.3 Å². The molecule has 7 heteroatoms. The van der Waals surface area contributed by atoms with Gasteiger partial charge in [-0.05, 0) is 6.92 Å². The Hall–Kier alpha value is -2.50. The molecule has 1 aromatic carbocycles. The van der Waals surface area contributed by atoms with Gasteiger partial charge in [-0.2, -0.15) is 4.79 Å². The number of nitrogens with zero attached hydrogens (tertiary/aromatic N) is 2. The number of hydrogen-bond donors (Lipinski definition) is 1. The van der Waals surface area contributed by atoms with Gasteiger partial charge >= 0.3 is 17.7 Å². The molecule has 7 nitrogen and oxygen atoms in total. The fraction of sp³-hybridized carbons (Fsp3) is 0.308. The fourth-order valence-electron chi connectivity index (χ4n) is 1.64. The molecule has 0 heterocycles. The second kappa shape index (κ2) is 6.60. The maximum Gasteiger partial charge on any atom is 0.423 e. The Morgan fingerprint density at radius 1 is 1.35 bits per heavy atom. The van der Waals surface area contributed by atoms with E-state index in [0.29, 0.717) is 0 Å². The van der Waals surface area contributed by atoms with Gasteiger partial charge in [0.15, 0.2) is 0 Å². The van der Waals surface area contributed by atoms with Crippen LogP contribution in [0, 0.1) is 0 Å². The molecule has 20 heavy (non-hydrogen) atoms. The van der Waals surface area contributed by atoms with Gasteiger partial charge in [0.25, 0.3) is 5.60 Å². The zero-order valence-corrected chi connectivity index (χ0v) is 11.1. The Kier molecular flexibility index (Phi) is 5.14. The van der Waals surface area contributed by atoms with E-state index in [4.69, 9.17) is 5.53 Å². The van der Waals surface area contributed by atoms with Gasteiger partial charge in [-0.3, -0.25) is 0 Å². The molecule has 1 rings (SSSR count). The highest BCUT2D eigenvalue weighted by molar-refractivity contribution is 6.41. The molecular formula is C13H14N2O5. The molecule has 0 aliphatic rings. The first-order valence-electron chi connectivity index (χ1n) is 5.78. The van der Waals surface area contributed by atoms with E-state index in [0.717, 1.165) is 7.11 Å². The lowest BCUT2D eigenvalue weighted by Crippen LogP contribution is -2.49. The molecule has 0 aromatic heterocycles. The van der Waals surface area contributed by atoms with Crippen LogP contribution in [0.15, 0.2) is 30.3 Å². The van der Waals surface area contributed by atoms with Gasteiger partial charge in [0.05, 0.1) is 13.7 Å². The van der Waals surface area contributed by atoms with Crippen molar-refractivity contribution in [3.63, 3.8) is 0 Å². The summed E-state index contributed by atoms with van der Waals surface area (Å²) in [5.74, 6) is -2.28. The van der Waals surface area contributed by atoms with Gasteiger partial charge in [0.2, 0.25) is 0 Å². The van der Waals surface area contributed by atoms with Crippen LogP contribution in [0.4, 0.5) is 0 Å². The van der Waals surface area contributed by atoms with Crippen LogP contribution in [0.3, 0.4) is 0 Å². The Labute approximate surface area is 115 Å². The van der Waals surface area contributed by atoms with E-state index < -0.39 is 23.3 Å². The minimum absolute atomic E-state index is 0.0100. The van der Waals surface area contributed by atoms with Crippen LogP contribution in [0.1, 0.15) is 12.5 Å². The first-order chi connectivity index (χ1) is 9.52. The normalized spacial score (nSPS) is 12.8. The number of benzene rings is 1. The SMILES string of the molecule is CCOC(=O)C(=[N+]=[N-])[C@@](O)(C(=O)OC)c1ccccc1. The molecule has 0 fully saturated rings. The molecule has 0 spiro atoms. The van der Waals surface area contributed by atoms with Crippen molar-refractivity contribution in [1.29, 1.82) is 0 Å². The van der Waals surface area contributed by atoms with E-state index >= 15 is 0 Å². The summed E-state index contributed by atoms with van der Waals surface area (Å²) in [7, 11) is 1.04. The van der Waals surface area contributed by atoms with Gasteiger partial charge in [0.1, 0.15) is 0 Å². The van der Waals surface area contributed by atoms with Crippen LogP contribution in [-0.2, 0) is 24.7 Å². The maximum atomic E-state index is 11.9. The Morgan fingerprint density at radius 2 is 1.95 bits per heavy atom. The van der Waals surface area contributed by atoms with Crippen LogP contribution < -0.4 is 0 Å². The van der Waals surface area contributed by atoms with Gasteiger partial charge < -0.3 is 20.1 Å². The molecule has 0 radical (unpaired) electrons. The number of aliphatic hydroxyl groups is 1. The zero-order valence-electron chi connectivity index (χ0n) is 11.1. The highest BCUT2D eigenvalue weighted by Gasteiger charge is 2.55. The minimum Gasteiger partial charge on any atom is -0.466 e. The molecule has 1 N–H and O–H groups in total. The van der Waals surface area contributed by atoms with E-state index in [-0.39, 0.29) is 12.2 Å². The lowest BCUT2D eigenvalue weighted by Gasteiger charge is -2.20. The number of carbonyl (C=O) groups is 2. The summed E-state index contributed by atoms with van der Waals surface area (Å²) in [6.45, 7) is 1.52. The van der Waals surface area contributed by atoms with Gasteiger partial charge in [-0.15, -0.1) is 0 Å². The standard InChI is InChI=1S/C13H14N2O5/c1-3-20-11(16)10(15-14)13(18,12(17)19-2)9-7-5-4-6-8-9/h4-8,18H,3H2,1-2H3/t13-/m1/s1. The molecule has 0 aliphatic carbocycles. The number of esters is 2. The molecule has 0 saturated heterocycles. The lowest BCUT2D eigenvalue weighted by molar-refractivity contribution is -0.164. The molecule has 1 aromatic rings. The number of hydrogen-bond acceptors (Lipinski definition) is 5. The predicted molar refractivity (Wildman–Crippen MR) is 67.6 cm³/mol. The van der Waals surface area contributed by atoms with Crippen molar-refractivity contribution in [2.45, 2.75) is 12.5 Å². The Morgan fingerprint density at radius 3 is 2.40 bits per heavy atom. The summed E-state index contributed by atoms with van der Waals surface area (Å²) in [4.78, 5) is 26.3. The van der Waals surface area contributed by atoms with Crippen molar-refractivity contribution in [2.75, 3.05) is 13.7 Å². The number of methoxy groups -OCH3 is 1.